The molecule has 1 aromatic carbocycles. The second-order valence-electron chi connectivity index (χ2n) is 4.98. The van der Waals surface area contributed by atoms with Crippen LogP contribution in [0.15, 0.2) is 24.3 Å². The van der Waals surface area contributed by atoms with Crippen LogP contribution in [0.5, 0.6) is 0 Å². The third-order valence-corrected chi connectivity index (χ3v) is 5.48. The van der Waals surface area contributed by atoms with E-state index in [-0.39, 0.29) is 11.8 Å². The van der Waals surface area contributed by atoms with Crippen molar-refractivity contribution in [2.24, 2.45) is 0 Å². The highest BCUT2D eigenvalue weighted by molar-refractivity contribution is 7.92. The molecule has 0 aliphatic carbocycles. The minimum absolute atomic E-state index is 0.0711. The minimum Gasteiger partial charge on any atom is -0.267 e. The van der Waals surface area contributed by atoms with Gasteiger partial charge in [0.15, 0.2) is 0 Å². The lowest BCUT2D eigenvalue weighted by atomic mass is 9.99. The molecule has 2 rings (SSSR count). The third kappa shape index (κ3) is 2.53. The number of nitrogens with zero attached hydrogens (tertiary/aromatic N) is 1. The molecule has 1 aromatic rings. The van der Waals surface area contributed by atoms with Crippen molar-refractivity contribution in [3.63, 3.8) is 0 Å². The molecule has 18 heavy (non-hydrogen) atoms. The molecule has 0 spiro atoms. The summed E-state index contributed by atoms with van der Waals surface area (Å²) in [6, 6.07) is 7.92. The van der Waals surface area contributed by atoms with Crippen LogP contribution in [-0.4, -0.2) is 20.2 Å². The van der Waals surface area contributed by atoms with Gasteiger partial charge >= 0.3 is 0 Å². The average Bonchev–Trinajstić information content (AvgIpc) is 2.36. The van der Waals surface area contributed by atoms with E-state index in [0.717, 1.165) is 36.9 Å². The number of hydrogen-bond acceptors (Lipinski definition) is 2. The lowest BCUT2D eigenvalue weighted by Gasteiger charge is -2.36. The Morgan fingerprint density at radius 3 is 2.78 bits per heavy atom. The van der Waals surface area contributed by atoms with E-state index in [2.05, 4.69) is 0 Å². The van der Waals surface area contributed by atoms with Gasteiger partial charge < -0.3 is 0 Å². The number of rotatable bonds is 4. The number of sulfonamides is 1. The van der Waals surface area contributed by atoms with Gasteiger partial charge in [0.2, 0.25) is 10.0 Å². The molecule has 100 valence electrons. The molecule has 0 amide bonds. The van der Waals surface area contributed by atoms with Crippen molar-refractivity contribution in [2.75, 3.05) is 10.1 Å². The van der Waals surface area contributed by atoms with Crippen LogP contribution in [0.4, 0.5) is 5.69 Å². The van der Waals surface area contributed by atoms with E-state index in [0.29, 0.717) is 0 Å². The highest BCUT2D eigenvalue weighted by atomic mass is 32.2. The standard InChI is InChI=1S/C14H21NO2S/c1-3-4-11-18(16,17)15-12(2)9-10-13-7-5-6-8-14(13)15/h5-8,12H,3-4,9-11H2,1-2H3. The van der Waals surface area contributed by atoms with Gasteiger partial charge in [0, 0.05) is 6.04 Å². The first-order valence-electron chi connectivity index (χ1n) is 6.66. The number of para-hydroxylation sites is 1. The summed E-state index contributed by atoms with van der Waals surface area (Å²) >= 11 is 0. The van der Waals surface area contributed by atoms with Gasteiger partial charge in [0.25, 0.3) is 0 Å². The molecule has 4 heteroatoms. The average molecular weight is 267 g/mol. The molecule has 1 unspecified atom stereocenters. The van der Waals surface area contributed by atoms with Crippen LogP contribution in [0, 0.1) is 0 Å². The van der Waals surface area contributed by atoms with Crippen LogP contribution in [-0.2, 0) is 16.4 Å². The van der Waals surface area contributed by atoms with Crippen LogP contribution < -0.4 is 4.31 Å². The summed E-state index contributed by atoms with van der Waals surface area (Å²) < 4.78 is 26.5. The summed E-state index contributed by atoms with van der Waals surface area (Å²) in [5.41, 5.74) is 2.03. The Kier molecular flexibility index (Phi) is 3.95. The van der Waals surface area contributed by atoms with Crippen LogP contribution in [0.3, 0.4) is 0 Å². The molecule has 0 saturated carbocycles. The van der Waals surface area contributed by atoms with Crippen molar-refractivity contribution >= 4 is 15.7 Å². The molecule has 1 atom stereocenters. The zero-order valence-corrected chi connectivity index (χ0v) is 11.9. The number of anilines is 1. The second-order valence-corrected chi connectivity index (χ2v) is 6.95. The highest BCUT2D eigenvalue weighted by Crippen LogP contribution is 2.33. The Morgan fingerprint density at radius 1 is 1.33 bits per heavy atom. The van der Waals surface area contributed by atoms with Crippen LogP contribution in [0.1, 0.15) is 38.7 Å². The molecule has 1 aliphatic rings. The maximum absolute atomic E-state index is 12.4. The SMILES string of the molecule is CCCCS(=O)(=O)N1c2ccccc2CCC1C. The fraction of sp³-hybridized carbons (Fsp3) is 0.571. The third-order valence-electron chi connectivity index (χ3n) is 3.52. The van der Waals surface area contributed by atoms with Crippen LogP contribution >= 0.6 is 0 Å². The fourth-order valence-electron chi connectivity index (χ4n) is 2.51. The number of unbranched alkanes of at least 4 members (excludes halogenated alkanes) is 1. The number of hydrogen-bond donors (Lipinski definition) is 0. The van der Waals surface area contributed by atoms with E-state index in [1.54, 1.807) is 4.31 Å². The Hall–Kier alpha value is -1.03. The van der Waals surface area contributed by atoms with Gasteiger partial charge in [0.1, 0.15) is 0 Å². The number of aryl methyl sites for hydroxylation is 1. The first-order valence-corrected chi connectivity index (χ1v) is 8.27. The molecule has 0 saturated heterocycles. The van der Waals surface area contributed by atoms with Crippen molar-refractivity contribution in [2.45, 2.75) is 45.6 Å². The van der Waals surface area contributed by atoms with Crippen LogP contribution in [0.25, 0.3) is 0 Å². The van der Waals surface area contributed by atoms with Crippen molar-refractivity contribution in [1.29, 1.82) is 0 Å². The quantitative estimate of drug-likeness (QED) is 0.841. The van der Waals surface area contributed by atoms with E-state index in [9.17, 15) is 8.42 Å². The summed E-state index contributed by atoms with van der Waals surface area (Å²) in [6.45, 7) is 4.02. The van der Waals surface area contributed by atoms with Gasteiger partial charge in [-0.25, -0.2) is 8.42 Å². The number of fused-ring (bicyclic) bond motifs is 1. The van der Waals surface area contributed by atoms with Crippen molar-refractivity contribution in [3.05, 3.63) is 29.8 Å². The summed E-state index contributed by atoms with van der Waals surface area (Å²) in [4.78, 5) is 0. The normalized spacial score (nSPS) is 19.7. The zero-order valence-electron chi connectivity index (χ0n) is 11.1. The smallest absolute Gasteiger partial charge is 0.235 e. The zero-order chi connectivity index (χ0) is 13.2. The highest BCUT2D eigenvalue weighted by Gasteiger charge is 2.31. The topological polar surface area (TPSA) is 37.4 Å². The predicted molar refractivity (Wildman–Crippen MR) is 75.4 cm³/mol. The Bertz CT molecular complexity index is 510. The fourth-order valence-corrected chi connectivity index (χ4v) is 4.49. The van der Waals surface area contributed by atoms with E-state index in [1.165, 1.54) is 0 Å². The Morgan fingerprint density at radius 2 is 2.06 bits per heavy atom. The van der Waals surface area contributed by atoms with E-state index >= 15 is 0 Å². The first-order chi connectivity index (χ1) is 8.56. The molecule has 3 nitrogen and oxygen atoms in total. The van der Waals surface area contributed by atoms with Gasteiger partial charge in [-0.15, -0.1) is 0 Å². The second kappa shape index (κ2) is 5.31. The van der Waals surface area contributed by atoms with Gasteiger partial charge in [0.05, 0.1) is 11.4 Å². The van der Waals surface area contributed by atoms with Crippen molar-refractivity contribution in [3.8, 4) is 0 Å². The lowest BCUT2D eigenvalue weighted by molar-refractivity contribution is 0.560. The summed E-state index contributed by atoms with van der Waals surface area (Å²) in [5, 5.41) is 0. The first kappa shape index (κ1) is 13.4. The Balaban J connectivity index is 2.37. The van der Waals surface area contributed by atoms with Gasteiger partial charge in [-0.2, -0.15) is 0 Å². The van der Waals surface area contributed by atoms with Crippen molar-refractivity contribution in [1.82, 2.24) is 0 Å². The molecule has 0 fully saturated rings. The lowest BCUT2D eigenvalue weighted by Crippen LogP contribution is -2.43. The summed E-state index contributed by atoms with van der Waals surface area (Å²) in [5.74, 6) is 0.252. The number of benzene rings is 1. The summed E-state index contributed by atoms with van der Waals surface area (Å²) in [6.07, 6.45) is 3.51. The summed E-state index contributed by atoms with van der Waals surface area (Å²) in [7, 11) is -3.17. The largest absolute Gasteiger partial charge is 0.267 e. The molecule has 0 radical (unpaired) electrons. The molecule has 0 bridgehead atoms. The van der Waals surface area contributed by atoms with E-state index in [4.69, 9.17) is 0 Å². The molecule has 0 aromatic heterocycles. The van der Waals surface area contributed by atoms with Gasteiger partial charge in [-0.05, 0) is 37.8 Å². The van der Waals surface area contributed by atoms with Crippen LogP contribution in [0.2, 0.25) is 0 Å². The maximum Gasteiger partial charge on any atom is 0.235 e. The molecule has 1 aliphatic heterocycles. The Labute approximate surface area is 110 Å². The van der Waals surface area contributed by atoms with Gasteiger partial charge in [-0.1, -0.05) is 31.5 Å². The molecular formula is C14H21NO2S. The van der Waals surface area contributed by atoms with E-state index in [1.807, 2.05) is 38.1 Å². The molecule has 1 heterocycles. The maximum atomic E-state index is 12.4. The van der Waals surface area contributed by atoms with E-state index < -0.39 is 10.0 Å². The monoisotopic (exact) mass is 267 g/mol. The van der Waals surface area contributed by atoms with Gasteiger partial charge in [-0.3, -0.25) is 4.31 Å². The predicted octanol–water partition coefficient (Wildman–Crippen LogP) is 2.96. The molecular weight excluding hydrogens is 246 g/mol. The minimum atomic E-state index is -3.17. The molecule has 0 N–H and O–H groups in total. The van der Waals surface area contributed by atoms with Crippen molar-refractivity contribution < 1.29 is 8.42 Å².